The van der Waals surface area contributed by atoms with E-state index in [9.17, 15) is 4.39 Å². The molecule has 1 rings (SSSR count). The fourth-order valence-electron chi connectivity index (χ4n) is 0.722. The van der Waals surface area contributed by atoms with Gasteiger partial charge in [-0.1, -0.05) is 24.3 Å². The van der Waals surface area contributed by atoms with Gasteiger partial charge in [0.1, 0.15) is 18.2 Å². The molecular formula is C9H8ClFO. The summed E-state index contributed by atoms with van der Waals surface area (Å²) >= 11 is 5.51. The molecule has 0 amide bonds. The minimum Gasteiger partial charge on any atom is -0.489 e. The molecule has 64 valence electrons. The molecule has 0 aliphatic carbocycles. The van der Waals surface area contributed by atoms with Crippen LogP contribution in [0, 0.1) is 5.82 Å². The second-order valence-corrected chi connectivity index (χ2v) is 2.58. The monoisotopic (exact) mass is 186 g/mol. The maximum absolute atomic E-state index is 12.6. The zero-order valence-electron chi connectivity index (χ0n) is 6.39. The largest absolute Gasteiger partial charge is 0.489 e. The quantitative estimate of drug-likeness (QED) is 0.660. The molecule has 0 saturated carbocycles. The fourth-order valence-corrected chi connectivity index (χ4v) is 0.892. The van der Waals surface area contributed by atoms with Crippen molar-refractivity contribution in [1.82, 2.24) is 0 Å². The van der Waals surface area contributed by atoms with E-state index < -0.39 is 5.82 Å². The minimum atomic E-state index is -0.442. The molecule has 0 aliphatic heterocycles. The van der Waals surface area contributed by atoms with E-state index in [1.165, 1.54) is 18.2 Å². The molecule has 0 saturated heterocycles. The van der Waals surface area contributed by atoms with E-state index in [2.05, 4.69) is 6.58 Å². The van der Waals surface area contributed by atoms with Gasteiger partial charge in [-0.15, -0.1) is 0 Å². The Morgan fingerprint density at radius 2 is 2.33 bits per heavy atom. The van der Waals surface area contributed by atoms with Gasteiger partial charge < -0.3 is 4.74 Å². The summed E-state index contributed by atoms with van der Waals surface area (Å²) in [5.41, 5.74) is 0. The number of halogens is 2. The zero-order chi connectivity index (χ0) is 8.97. The van der Waals surface area contributed by atoms with Crippen LogP contribution in [-0.2, 0) is 0 Å². The average molecular weight is 187 g/mol. The third-order valence-corrected chi connectivity index (χ3v) is 1.55. The predicted octanol–water partition coefficient (Wildman–Crippen LogP) is 3.04. The molecule has 0 fully saturated rings. The van der Waals surface area contributed by atoms with Gasteiger partial charge in [-0.2, -0.15) is 0 Å². The summed E-state index contributed by atoms with van der Waals surface area (Å²) in [7, 11) is 0. The van der Waals surface area contributed by atoms with Gasteiger partial charge in [0, 0.05) is 6.07 Å². The number of ether oxygens (including phenoxy) is 1. The predicted molar refractivity (Wildman–Crippen MR) is 47.1 cm³/mol. The van der Waals surface area contributed by atoms with Crippen LogP contribution in [0.25, 0.3) is 0 Å². The standard InChI is InChI=1S/C9H8ClFO/c1-2-5-12-7-3-4-9(11)8(10)6-7/h2-4,6H,1,5H2. The minimum absolute atomic E-state index is 0.0663. The van der Waals surface area contributed by atoms with Crippen molar-refractivity contribution in [3.8, 4) is 5.75 Å². The number of rotatable bonds is 3. The molecule has 12 heavy (non-hydrogen) atoms. The summed E-state index contributed by atoms with van der Waals surface area (Å²) in [4.78, 5) is 0. The Kier molecular flexibility index (Phi) is 3.11. The molecule has 0 heterocycles. The lowest BCUT2D eigenvalue weighted by Crippen LogP contribution is -1.92. The topological polar surface area (TPSA) is 9.23 Å². The smallest absolute Gasteiger partial charge is 0.142 e. The van der Waals surface area contributed by atoms with Gasteiger partial charge in [-0.05, 0) is 12.1 Å². The van der Waals surface area contributed by atoms with E-state index in [-0.39, 0.29) is 5.02 Å². The van der Waals surface area contributed by atoms with Crippen LogP contribution in [0.1, 0.15) is 0 Å². The highest BCUT2D eigenvalue weighted by atomic mass is 35.5. The molecule has 0 bridgehead atoms. The highest BCUT2D eigenvalue weighted by Gasteiger charge is 1.99. The van der Waals surface area contributed by atoms with Crippen LogP contribution in [0.5, 0.6) is 5.75 Å². The zero-order valence-corrected chi connectivity index (χ0v) is 7.14. The van der Waals surface area contributed by atoms with Gasteiger partial charge in [0.05, 0.1) is 5.02 Å². The van der Waals surface area contributed by atoms with Crippen molar-refractivity contribution in [2.75, 3.05) is 6.61 Å². The summed E-state index contributed by atoms with van der Waals surface area (Å²) in [6, 6.07) is 4.21. The van der Waals surface area contributed by atoms with Gasteiger partial charge in [-0.25, -0.2) is 4.39 Å². The second-order valence-electron chi connectivity index (χ2n) is 2.18. The van der Waals surface area contributed by atoms with Crippen LogP contribution in [0.3, 0.4) is 0 Å². The van der Waals surface area contributed by atoms with Crippen molar-refractivity contribution in [3.05, 3.63) is 41.7 Å². The normalized spacial score (nSPS) is 9.50. The number of hydrogen-bond acceptors (Lipinski definition) is 1. The van der Waals surface area contributed by atoms with Crippen LogP contribution in [0.2, 0.25) is 5.02 Å². The summed E-state index contributed by atoms with van der Waals surface area (Å²) in [5.74, 6) is 0.101. The van der Waals surface area contributed by atoms with E-state index in [4.69, 9.17) is 16.3 Å². The van der Waals surface area contributed by atoms with Gasteiger partial charge in [0.2, 0.25) is 0 Å². The first-order chi connectivity index (χ1) is 5.74. The third-order valence-electron chi connectivity index (χ3n) is 1.26. The lowest BCUT2D eigenvalue weighted by atomic mass is 10.3. The van der Waals surface area contributed by atoms with E-state index >= 15 is 0 Å². The molecule has 1 aromatic rings. The molecule has 0 aliphatic rings. The Hall–Kier alpha value is -1.02. The number of hydrogen-bond donors (Lipinski definition) is 0. The van der Waals surface area contributed by atoms with Crippen LogP contribution >= 0.6 is 11.6 Å². The molecular weight excluding hydrogens is 179 g/mol. The first-order valence-corrected chi connectivity index (χ1v) is 3.80. The molecule has 0 unspecified atom stereocenters. The second kappa shape index (κ2) is 4.12. The van der Waals surface area contributed by atoms with Gasteiger partial charge in [-0.3, -0.25) is 0 Å². The third kappa shape index (κ3) is 2.24. The van der Waals surface area contributed by atoms with Crippen molar-refractivity contribution in [3.63, 3.8) is 0 Å². The molecule has 1 aromatic carbocycles. The maximum atomic E-state index is 12.6. The van der Waals surface area contributed by atoms with Crippen molar-refractivity contribution in [2.45, 2.75) is 0 Å². The molecule has 0 atom stereocenters. The number of benzene rings is 1. The van der Waals surface area contributed by atoms with E-state index in [1.54, 1.807) is 6.08 Å². The van der Waals surface area contributed by atoms with E-state index in [0.717, 1.165) is 0 Å². The SMILES string of the molecule is C=CCOc1ccc(F)c(Cl)c1. The lowest BCUT2D eigenvalue weighted by molar-refractivity contribution is 0.362. The first-order valence-electron chi connectivity index (χ1n) is 3.43. The summed E-state index contributed by atoms with van der Waals surface area (Å²) in [6.07, 6.45) is 1.61. The van der Waals surface area contributed by atoms with Crippen LogP contribution in [0.4, 0.5) is 4.39 Å². The Balaban J connectivity index is 2.75. The molecule has 1 nitrogen and oxygen atoms in total. The van der Waals surface area contributed by atoms with E-state index in [0.29, 0.717) is 12.4 Å². The van der Waals surface area contributed by atoms with Gasteiger partial charge >= 0.3 is 0 Å². The highest BCUT2D eigenvalue weighted by molar-refractivity contribution is 6.30. The Morgan fingerprint density at radius 1 is 1.58 bits per heavy atom. The van der Waals surface area contributed by atoms with Crippen LogP contribution in [-0.4, -0.2) is 6.61 Å². The molecule has 0 spiro atoms. The van der Waals surface area contributed by atoms with Crippen LogP contribution in [0.15, 0.2) is 30.9 Å². The van der Waals surface area contributed by atoms with Crippen molar-refractivity contribution < 1.29 is 9.13 Å². The highest BCUT2D eigenvalue weighted by Crippen LogP contribution is 2.20. The molecule has 0 radical (unpaired) electrons. The maximum Gasteiger partial charge on any atom is 0.142 e. The summed E-state index contributed by atoms with van der Waals surface area (Å²) in [5, 5.41) is 0.0663. The van der Waals surface area contributed by atoms with E-state index in [1.807, 2.05) is 0 Å². The molecule has 0 aromatic heterocycles. The summed E-state index contributed by atoms with van der Waals surface area (Å²) in [6.45, 7) is 3.87. The first kappa shape index (κ1) is 9.07. The lowest BCUT2D eigenvalue weighted by Gasteiger charge is -2.02. The Labute approximate surface area is 75.4 Å². The Morgan fingerprint density at radius 3 is 2.92 bits per heavy atom. The van der Waals surface area contributed by atoms with Gasteiger partial charge in [0.25, 0.3) is 0 Å². The molecule has 0 N–H and O–H groups in total. The summed E-state index contributed by atoms with van der Waals surface area (Å²) < 4.78 is 17.7. The van der Waals surface area contributed by atoms with Crippen molar-refractivity contribution in [1.29, 1.82) is 0 Å². The van der Waals surface area contributed by atoms with Crippen molar-refractivity contribution in [2.24, 2.45) is 0 Å². The molecule has 3 heteroatoms. The average Bonchev–Trinajstić information content (AvgIpc) is 2.07. The fraction of sp³-hybridized carbons (Fsp3) is 0.111. The van der Waals surface area contributed by atoms with Gasteiger partial charge in [0.15, 0.2) is 0 Å². The Bertz CT molecular complexity index is 286. The van der Waals surface area contributed by atoms with Crippen molar-refractivity contribution >= 4 is 11.6 Å². The van der Waals surface area contributed by atoms with Crippen LogP contribution < -0.4 is 4.74 Å².